The van der Waals surface area contributed by atoms with Gasteiger partial charge in [0.05, 0.1) is 0 Å². The number of amides is 3. The zero-order valence-corrected chi connectivity index (χ0v) is 19.7. The molecule has 0 spiro atoms. The van der Waals surface area contributed by atoms with E-state index in [1.54, 1.807) is 19.1 Å². The molecule has 184 valence electrons. The molecule has 3 amide bonds. The van der Waals surface area contributed by atoms with Gasteiger partial charge in [0, 0.05) is 32.1 Å². The van der Waals surface area contributed by atoms with Gasteiger partial charge in [0.2, 0.25) is 5.91 Å². The second-order valence-electron chi connectivity index (χ2n) is 8.89. The quantitative estimate of drug-likeness (QED) is 0.473. The van der Waals surface area contributed by atoms with Crippen molar-refractivity contribution in [1.82, 2.24) is 35.5 Å². The fourth-order valence-corrected chi connectivity index (χ4v) is 4.31. The highest BCUT2D eigenvalue weighted by Gasteiger charge is 2.23. The van der Waals surface area contributed by atoms with Crippen LogP contribution in [0, 0.1) is 18.7 Å². The van der Waals surface area contributed by atoms with Crippen molar-refractivity contribution in [1.29, 1.82) is 0 Å². The summed E-state index contributed by atoms with van der Waals surface area (Å²) in [6.07, 6.45) is 4.82. The Bertz CT molecular complexity index is 1250. The first-order valence-electron chi connectivity index (χ1n) is 11.6. The smallest absolute Gasteiger partial charge is 0.270 e. The molecular formula is C24H28FN7O3. The van der Waals surface area contributed by atoms with Crippen molar-refractivity contribution in [3.05, 3.63) is 58.9 Å². The predicted molar refractivity (Wildman–Crippen MR) is 125 cm³/mol. The average Bonchev–Trinajstić information content (AvgIpc) is 3.32. The van der Waals surface area contributed by atoms with Crippen molar-refractivity contribution >= 4 is 23.5 Å². The number of carbonyl (C=O) groups is 3. The molecule has 11 heteroatoms. The van der Waals surface area contributed by atoms with Gasteiger partial charge in [-0.15, -0.1) is 0 Å². The number of nitrogens with one attached hydrogen (secondary N) is 3. The Balaban J connectivity index is 1.40. The summed E-state index contributed by atoms with van der Waals surface area (Å²) >= 11 is 0. The maximum absolute atomic E-state index is 13.5. The molecule has 0 radical (unpaired) electrons. The first-order chi connectivity index (χ1) is 16.8. The number of benzene rings is 1. The lowest BCUT2D eigenvalue weighted by molar-refractivity contribution is -0.119. The standard InChI is InChI=1S/C24H28FN7O3/c1-14-9-17(5-8-19(14)25)12-26-22(34)20-10-21(32-24(31-20)28-13-29-32)23(35)27-11-16-3-6-18(7-4-16)30-15(2)33/h5,8-10,13,16,18H,3-4,6-7,11-12H2,1-2H3,(H,26,34)(H,27,35)(H,30,33)/t16-,18+. The molecule has 1 saturated carbocycles. The van der Waals surface area contributed by atoms with Gasteiger partial charge in [-0.05, 0) is 55.7 Å². The lowest BCUT2D eigenvalue weighted by Gasteiger charge is -2.28. The van der Waals surface area contributed by atoms with E-state index < -0.39 is 5.91 Å². The second-order valence-corrected chi connectivity index (χ2v) is 8.89. The molecule has 3 N–H and O–H groups in total. The molecule has 0 bridgehead atoms. The third kappa shape index (κ3) is 5.97. The van der Waals surface area contributed by atoms with Crippen LogP contribution in [-0.4, -0.2) is 49.9 Å². The number of nitrogens with zero attached hydrogens (tertiary/aromatic N) is 4. The highest BCUT2D eigenvalue weighted by atomic mass is 19.1. The van der Waals surface area contributed by atoms with Crippen LogP contribution in [0.5, 0.6) is 0 Å². The fourth-order valence-electron chi connectivity index (χ4n) is 4.31. The molecule has 3 aromatic rings. The Morgan fingerprint density at radius 2 is 1.86 bits per heavy atom. The van der Waals surface area contributed by atoms with E-state index in [1.165, 1.54) is 29.9 Å². The third-order valence-corrected chi connectivity index (χ3v) is 6.20. The van der Waals surface area contributed by atoms with Crippen molar-refractivity contribution in [3.8, 4) is 0 Å². The van der Waals surface area contributed by atoms with E-state index in [1.807, 2.05) is 0 Å². The Labute approximate surface area is 201 Å². The Kier molecular flexibility index (Phi) is 7.33. The first kappa shape index (κ1) is 24.2. The van der Waals surface area contributed by atoms with E-state index in [2.05, 4.69) is 31.0 Å². The zero-order chi connectivity index (χ0) is 24.9. The van der Waals surface area contributed by atoms with Crippen LogP contribution in [0.25, 0.3) is 5.78 Å². The van der Waals surface area contributed by atoms with Crippen LogP contribution in [-0.2, 0) is 11.3 Å². The number of aromatic nitrogens is 4. The van der Waals surface area contributed by atoms with Crippen LogP contribution < -0.4 is 16.0 Å². The van der Waals surface area contributed by atoms with Crippen molar-refractivity contribution in [2.75, 3.05) is 6.54 Å². The summed E-state index contributed by atoms with van der Waals surface area (Å²) in [6.45, 7) is 3.84. The van der Waals surface area contributed by atoms with E-state index in [0.29, 0.717) is 18.0 Å². The molecule has 0 saturated heterocycles. The van der Waals surface area contributed by atoms with Gasteiger partial charge in [-0.25, -0.2) is 9.37 Å². The zero-order valence-electron chi connectivity index (χ0n) is 19.7. The molecule has 0 unspecified atom stereocenters. The normalized spacial score (nSPS) is 17.7. The SMILES string of the molecule is CC(=O)N[C@H]1CC[C@@H](CNC(=O)c2cc(C(=O)NCc3ccc(F)c(C)c3)nc3ncnn23)CC1. The number of fused-ring (bicyclic) bond motifs is 1. The van der Waals surface area contributed by atoms with Gasteiger partial charge < -0.3 is 16.0 Å². The molecule has 1 aliphatic carbocycles. The van der Waals surface area contributed by atoms with Crippen LogP contribution in [0.2, 0.25) is 0 Å². The summed E-state index contributed by atoms with van der Waals surface area (Å²) in [5.74, 6) is -0.757. The maximum atomic E-state index is 13.5. The predicted octanol–water partition coefficient (Wildman–Crippen LogP) is 1.93. The van der Waals surface area contributed by atoms with Crippen LogP contribution in [0.3, 0.4) is 0 Å². The number of halogens is 1. The lowest BCUT2D eigenvalue weighted by Crippen LogP contribution is -2.39. The van der Waals surface area contributed by atoms with Crippen LogP contribution in [0.1, 0.15) is 64.7 Å². The van der Waals surface area contributed by atoms with E-state index in [9.17, 15) is 18.8 Å². The number of aryl methyl sites for hydroxylation is 1. The van der Waals surface area contributed by atoms with Crippen molar-refractivity contribution in [2.24, 2.45) is 5.92 Å². The molecule has 2 aromatic heterocycles. The first-order valence-corrected chi connectivity index (χ1v) is 11.6. The van der Waals surface area contributed by atoms with Crippen LogP contribution in [0.4, 0.5) is 4.39 Å². The highest BCUT2D eigenvalue weighted by molar-refractivity contribution is 5.98. The summed E-state index contributed by atoms with van der Waals surface area (Å²) in [5.41, 5.74) is 1.42. The van der Waals surface area contributed by atoms with Gasteiger partial charge in [0.25, 0.3) is 17.6 Å². The van der Waals surface area contributed by atoms with E-state index in [-0.39, 0.29) is 47.4 Å². The molecular weight excluding hydrogens is 453 g/mol. The summed E-state index contributed by atoms with van der Waals surface area (Å²) in [6, 6.07) is 6.18. The molecule has 1 aliphatic rings. The van der Waals surface area contributed by atoms with Crippen molar-refractivity contribution < 1.29 is 18.8 Å². The van der Waals surface area contributed by atoms with Crippen LogP contribution >= 0.6 is 0 Å². The maximum Gasteiger partial charge on any atom is 0.270 e. The molecule has 10 nitrogen and oxygen atoms in total. The summed E-state index contributed by atoms with van der Waals surface area (Å²) < 4.78 is 14.8. The average molecular weight is 482 g/mol. The van der Waals surface area contributed by atoms with Gasteiger partial charge in [-0.3, -0.25) is 14.4 Å². The minimum Gasteiger partial charge on any atom is -0.354 e. The summed E-state index contributed by atoms with van der Waals surface area (Å²) in [7, 11) is 0. The minimum absolute atomic E-state index is 0.0242. The molecule has 1 aromatic carbocycles. The topological polar surface area (TPSA) is 130 Å². The van der Waals surface area contributed by atoms with Gasteiger partial charge >= 0.3 is 0 Å². The number of rotatable bonds is 7. The largest absolute Gasteiger partial charge is 0.354 e. The highest BCUT2D eigenvalue weighted by Crippen LogP contribution is 2.23. The van der Waals surface area contributed by atoms with Gasteiger partial charge in [0.1, 0.15) is 23.5 Å². The molecule has 1 fully saturated rings. The minimum atomic E-state index is -0.483. The van der Waals surface area contributed by atoms with Gasteiger partial charge in [-0.1, -0.05) is 12.1 Å². The van der Waals surface area contributed by atoms with E-state index in [4.69, 9.17) is 0 Å². The number of carbonyl (C=O) groups excluding carboxylic acids is 3. The second kappa shape index (κ2) is 10.6. The Morgan fingerprint density at radius 1 is 1.09 bits per heavy atom. The van der Waals surface area contributed by atoms with Gasteiger partial charge in [-0.2, -0.15) is 14.6 Å². The fraction of sp³-hybridized carbons (Fsp3) is 0.417. The Hall–Kier alpha value is -3.89. The van der Waals surface area contributed by atoms with Crippen LogP contribution in [0.15, 0.2) is 30.6 Å². The monoisotopic (exact) mass is 481 g/mol. The van der Waals surface area contributed by atoms with Crippen molar-refractivity contribution in [2.45, 2.75) is 52.1 Å². The van der Waals surface area contributed by atoms with E-state index in [0.717, 1.165) is 31.2 Å². The Morgan fingerprint density at radius 3 is 2.57 bits per heavy atom. The molecule has 0 atom stereocenters. The summed E-state index contributed by atoms with van der Waals surface area (Å²) in [4.78, 5) is 45.2. The summed E-state index contributed by atoms with van der Waals surface area (Å²) in [5, 5.41) is 12.7. The van der Waals surface area contributed by atoms with Crippen molar-refractivity contribution in [3.63, 3.8) is 0 Å². The number of hydrogen-bond acceptors (Lipinski definition) is 6. The number of hydrogen-bond donors (Lipinski definition) is 3. The third-order valence-electron chi connectivity index (χ3n) is 6.20. The molecule has 4 rings (SSSR count). The lowest BCUT2D eigenvalue weighted by atomic mass is 9.86. The molecule has 0 aliphatic heterocycles. The molecule has 2 heterocycles. The van der Waals surface area contributed by atoms with E-state index >= 15 is 0 Å². The van der Waals surface area contributed by atoms with Gasteiger partial charge in [0.15, 0.2) is 0 Å². The molecule has 35 heavy (non-hydrogen) atoms.